The molecule has 1 aromatic heterocycles. The number of aromatic nitrogens is 2. The second kappa shape index (κ2) is 8.21. The Kier molecular flexibility index (Phi) is 6.95. The maximum Gasteiger partial charge on any atom is 0.283 e. The maximum atomic E-state index is 12.0. The molecule has 1 heterocycles. The zero-order chi connectivity index (χ0) is 15.1. The van der Waals surface area contributed by atoms with E-state index in [2.05, 4.69) is 46.8 Å². The SMILES string of the molecule is C=CCn1ncc(NCC(O)C(CC)CC)c(Br)c1=O. The van der Waals surface area contributed by atoms with Crippen molar-refractivity contribution < 1.29 is 5.11 Å². The lowest BCUT2D eigenvalue weighted by molar-refractivity contribution is 0.114. The highest BCUT2D eigenvalue weighted by Gasteiger charge is 2.16. The Morgan fingerprint density at radius 1 is 1.55 bits per heavy atom. The highest BCUT2D eigenvalue weighted by Crippen LogP contribution is 2.18. The predicted octanol–water partition coefficient (Wildman–Crippen LogP) is 2.40. The number of nitrogens with zero attached hydrogens (tertiary/aromatic N) is 2. The molecule has 0 fully saturated rings. The van der Waals surface area contributed by atoms with Crippen LogP contribution in [0.15, 0.2) is 28.1 Å². The molecule has 1 atom stereocenters. The molecule has 0 bridgehead atoms. The first kappa shape index (κ1) is 16.9. The highest BCUT2D eigenvalue weighted by molar-refractivity contribution is 9.10. The first-order chi connectivity index (χ1) is 9.54. The number of hydrogen-bond donors (Lipinski definition) is 2. The quantitative estimate of drug-likeness (QED) is 0.711. The summed E-state index contributed by atoms with van der Waals surface area (Å²) in [6, 6.07) is 0. The second-order valence-electron chi connectivity index (χ2n) is 4.67. The number of nitrogens with one attached hydrogen (secondary N) is 1. The van der Waals surface area contributed by atoms with Crippen molar-refractivity contribution in [3.05, 3.63) is 33.7 Å². The number of allylic oxidation sites excluding steroid dienone is 1. The van der Waals surface area contributed by atoms with E-state index in [9.17, 15) is 9.90 Å². The van der Waals surface area contributed by atoms with Crippen LogP contribution in [0.3, 0.4) is 0 Å². The summed E-state index contributed by atoms with van der Waals surface area (Å²) < 4.78 is 1.74. The zero-order valence-electron chi connectivity index (χ0n) is 12.0. The summed E-state index contributed by atoms with van der Waals surface area (Å²) in [5.41, 5.74) is 0.382. The average Bonchev–Trinajstić information content (AvgIpc) is 2.44. The van der Waals surface area contributed by atoms with Gasteiger partial charge in [-0.1, -0.05) is 32.8 Å². The number of aliphatic hydroxyl groups excluding tert-OH is 1. The molecule has 0 aliphatic heterocycles. The molecule has 1 aromatic rings. The molecule has 0 aromatic carbocycles. The maximum absolute atomic E-state index is 12.0. The van der Waals surface area contributed by atoms with Crippen molar-refractivity contribution in [2.45, 2.75) is 39.3 Å². The van der Waals surface area contributed by atoms with Gasteiger partial charge in [0.2, 0.25) is 0 Å². The normalized spacial score (nSPS) is 12.4. The lowest BCUT2D eigenvalue weighted by Crippen LogP contribution is -2.29. The standard InChI is InChI=1S/C14H22BrN3O2/c1-4-7-18-14(20)13(15)11(8-17-18)16-9-12(19)10(5-2)6-3/h4,8,10,12,16,19H,1,5-7,9H2,2-3H3. The van der Waals surface area contributed by atoms with E-state index in [1.54, 1.807) is 12.3 Å². The Morgan fingerprint density at radius 3 is 2.75 bits per heavy atom. The van der Waals surface area contributed by atoms with Gasteiger partial charge in [-0.25, -0.2) is 4.68 Å². The van der Waals surface area contributed by atoms with Gasteiger partial charge >= 0.3 is 0 Å². The largest absolute Gasteiger partial charge is 0.391 e. The summed E-state index contributed by atoms with van der Waals surface area (Å²) >= 11 is 3.27. The molecule has 2 N–H and O–H groups in total. The molecule has 0 radical (unpaired) electrons. The van der Waals surface area contributed by atoms with Gasteiger partial charge in [0.15, 0.2) is 0 Å². The third kappa shape index (κ3) is 4.18. The second-order valence-corrected chi connectivity index (χ2v) is 5.47. The van der Waals surface area contributed by atoms with Crippen molar-refractivity contribution in [2.75, 3.05) is 11.9 Å². The number of aliphatic hydroxyl groups is 1. The molecule has 0 saturated carbocycles. The summed E-state index contributed by atoms with van der Waals surface area (Å²) in [5, 5.41) is 17.2. The van der Waals surface area contributed by atoms with Crippen LogP contribution < -0.4 is 10.9 Å². The van der Waals surface area contributed by atoms with Crippen LogP contribution >= 0.6 is 15.9 Å². The Bertz CT molecular complexity index is 498. The molecule has 0 amide bonds. The fourth-order valence-electron chi connectivity index (χ4n) is 2.05. The van der Waals surface area contributed by atoms with Crippen LogP contribution in [0, 0.1) is 5.92 Å². The lowest BCUT2D eigenvalue weighted by Gasteiger charge is -2.21. The van der Waals surface area contributed by atoms with Crippen molar-refractivity contribution >= 4 is 21.6 Å². The number of hydrogen-bond acceptors (Lipinski definition) is 4. The summed E-state index contributed by atoms with van der Waals surface area (Å²) in [5.74, 6) is 0.260. The van der Waals surface area contributed by atoms with Crippen molar-refractivity contribution in [3.63, 3.8) is 0 Å². The number of halogens is 1. The third-order valence-electron chi connectivity index (χ3n) is 3.38. The molecular formula is C14H22BrN3O2. The van der Waals surface area contributed by atoms with Gasteiger partial charge in [-0.3, -0.25) is 4.79 Å². The van der Waals surface area contributed by atoms with Crippen LogP contribution in [0.4, 0.5) is 5.69 Å². The van der Waals surface area contributed by atoms with Gasteiger partial charge in [0, 0.05) is 6.54 Å². The number of anilines is 1. The first-order valence-corrected chi connectivity index (χ1v) is 7.62. The fourth-order valence-corrected chi connectivity index (χ4v) is 2.50. The topological polar surface area (TPSA) is 67.2 Å². The Labute approximate surface area is 127 Å². The summed E-state index contributed by atoms with van der Waals surface area (Å²) in [4.78, 5) is 12.0. The molecule has 20 heavy (non-hydrogen) atoms. The van der Waals surface area contributed by atoms with Crippen molar-refractivity contribution in [3.8, 4) is 0 Å². The minimum absolute atomic E-state index is 0.216. The Morgan fingerprint density at radius 2 is 2.20 bits per heavy atom. The number of rotatable bonds is 8. The fraction of sp³-hybridized carbons (Fsp3) is 0.571. The molecule has 6 heteroatoms. The van der Waals surface area contributed by atoms with Crippen LogP contribution in [-0.4, -0.2) is 27.5 Å². The van der Waals surface area contributed by atoms with E-state index >= 15 is 0 Å². The van der Waals surface area contributed by atoms with Gasteiger partial charge in [0.25, 0.3) is 5.56 Å². The van der Waals surface area contributed by atoms with E-state index in [0.717, 1.165) is 12.8 Å². The van der Waals surface area contributed by atoms with Crippen LogP contribution in [0.25, 0.3) is 0 Å². The van der Waals surface area contributed by atoms with E-state index in [1.165, 1.54) is 4.68 Å². The minimum Gasteiger partial charge on any atom is -0.391 e. The van der Waals surface area contributed by atoms with Crippen molar-refractivity contribution in [1.29, 1.82) is 0 Å². The smallest absolute Gasteiger partial charge is 0.283 e. The van der Waals surface area contributed by atoms with Gasteiger partial charge in [0.1, 0.15) is 4.47 Å². The van der Waals surface area contributed by atoms with Crippen LogP contribution in [-0.2, 0) is 6.54 Å². The molecular weight excluding hydrogens is 322 g/mol. The Balaban J connectivity index is 2.77. The van der Waals surface area contributed by atoms with Crippen molar-refractivity contribution in [2.24, 2.45) is 5.92 Å². The van der Waals surface area contributed by atoms with Crippen LogP contribution in [0.1, 0.15) is 26.7 Å². The van der Waals surface area contributed by atoms with E-state index in [0.29, 0.717) is 23.2 Å². The summed E-state index contributed by atoms with van der Waals surface area (Å²) in [6.07, 6.45) is 4.62. The average molecular weight is 344 g/mol. The van der Waals surface area contributed by atoms with Gasteiger partial charge in [-0.05, 0) is 21.8 Å². The zero-order valence-corrected chi connectivity index (χ0v) is 13.6. The lowest BCUT2D eigenvalue weighted by atomic mass is 9.96. The van der Waals surface area contributed by atoms with Gasteiger partial charge < -0.3 is 10.4 Å². The van der Waals surface area contributed by atoms with Crippen LogP contribution in [0.2, 0.25) is 0 Å². The molecule has 0 saturated heterocycles. The summed E-state index contributed by atoms with van der Waals surface area (Å²) in [6.45, 7) is 8.47. The van der Waals surface area contributed by atoms with Gasteiger partial charge in [0.05, 0.1) is 24.5 Å². The minimum atomic E-state index is -0.437. The summed E-state index contributed by atoms with van der Waals surface area (Å²) in [7, 11) is 0. The van der Waals surface area contributed by atoms with Gasteiger partial charge in [-0.2, -0.15) is 5.10 Å². The molecule has 0 aliphatic rings. The Hall–Kier alpha value is -1.14. The molecule has 112 valence electrons. The molecule has 1 unspecified atom stereocenters. The van der Waals surface area contributed by atoms with E-state index in [-0.39, 0.29) is 11.5 Å². The molecule has 0 aliphatic carbocycles. The first-order valence-electron chi connectivity index (χ1n) is 6.83. The van der Waals surface area contributed by atoms with Crippen molar-refractivity contribution in [1.82, 2.24) is 9.78 Å². The highest BCUT2D eigenvalue weighted by atomic mass is 79.9. The molecule has 1 rings (SSSR count). The molecule has 5 nitrogen and oxygen atoms in total. The van der Waals surface area contributed by atoms with Crippen LogP contribution in [0.5, 0.6) is 0 Å². The van der Waals surface area contributed by atoms with Gasteiger partial charge in [-0.15, -0.1) is 6.58 Å². The predicted molar refractivity (Wildman–Crippen MR) is 85.0 cm³/mol. The van der Waals surface area contributed by atoms with E-state index < -0.39 is 6.10 Å². The van der Waals surface area contributed by atoms with E-state index in [4.69, 9.17) is 0 Å². The molecule has 0 spiro atoms. The monoisotopic (exact) mass is 343 g/mol. The van der Waals surface area contributed by atoms with E-state index in [1.807, 2.05) is 0 Å². The third-order valence-corrected chi connectivity index (χ3v) is 4.15.